The molecule has 5 heteroatoms. The number of hydrogen-bond donors (Lipinski definition) is 2. The Morgan fingerprint density at radius 2 is 1.74 bits per heavy atom. The highest BCUT2D eigenvalue weighted by Crippen LogP contribution is 2.17. The molecule has 130 valence electrons. The summed E-state index contributed by atoms with van der Waals surface area (Å²) in [5.41, 5.74) is 0.612. The number of anilines is 1. The molecule has 5 nitrogen and oxygen atoms in total. The minimum atomic E-state index is -0.484. The van der Waals surface area contributed by atoms with Gasteiger partial charge in [0.2, 0.25) is 0 Å². The largest absolute Gasteiger partial charge is 0.492 e. The molecule has 0 heterocycles. The Hall–Kier alpha value is -1.91. The summed E-state index contributed by atoms with van der Waals surface area (Å²) in [6, 6.07) is 8.38. The highest BCUT2D eigenvalue weighted by molar-refractivity contribution is 5.67. The van der Waals surface area contributed by atoms with Crippen LogP contribution in [-0.4, -0.2) is 30.9 Å². The highest BCUT2D eigenvalue weighted by atomic mass is 16.6. The fourth-order valence-electron chi connectivity index (χ4n) is 2.01. The van der Waals surface area contributed by atoms with Crippen molar-refractivity contribution in [2.24, 2.45) is 0 Å². The molecule has 0 fully saturated rings. The average Bonchev–Trinajstić information content (AvgIpc) is 2.49. The fraction of sp³-hybridized carbons (Fsp3) is 0.611. The molecule has 1 rings (SSSR count). The van der Waals surface area contributed by atoms with Crippen molar-refractivity contribution >= 4 is 11.8 Å². The molecule has 0 aliphatic heterocycles. The van der Waals surface area contributed by atoms with Crippen molar-refractivity contribution in [3.05, 3.63) is 24.3 Å². The van der Waals surface area contributed by atoms with Crippen LogP contribution in [0.4, 0.5) is 10.5 Å². The summed E-state index contributed by atoms with van der Waals surface area (Å²) < 4.78 is 10.8. The molecular weight excluding hydrogens is 292 g/mol. The highest BCUT2D eigenvalue weighted by Gasteiger charge is 2.15. The Bertz CT molecular complexity index is 462. The van der Waals surface area contributed by atoms with E-state index in [2.05, 4.69) is 24.5 Å². The number of nitrogens with one attached hydrogen (secondary N) is 2. The van der Waals surface area contributed by atoms with Crippen LogP contribution in [0.3, 0.4) is 0 Å². The summed E-state index contributed by atoms with van der Waals surface area (Å²) in [6.07, 6.45) is 1.78. The Labute approximate surface area is 139 Å². The van der Waals surface area contributed by atoms with Crippen LogP contribution in [-0.2, 0) is 4.74 Å². The smallest absolute Gasteiger partial charge is 0.407 e. The summed E-state index contributed by atoms with van der Waals surface area (Å²) in [7, 11) is 0. The molecule has 0 saturated carbocycles. The van der Waals surface area contributed by atoms with Gasteiger partial charge >= 0.3 is 6.09 Å². The molecule has 0 radical (unpaired) electrons. The van der Waals surface area contributed by atoms with E-state index in [9.17, 15) is 4.79 Å². The number of ether oxygens (including phenoxy) is 2. The molecule has 0 aliphatic rings. The van der Waals surface area contributed by atoms with Gasteiger partial charge in [-0.15, -0.1) is 0 Å². The van der Waals surface area contributed by atoms with Gasteiger partial charge in [0, 0.05) is 11.7 Å². The van der Waals surface area contributed by atoms with Crippen LogP contribution in [0.25, 0.3) is 0 Å². The molecule has 23 heavy (non-hydrogen) atoms. The summed E-state index contributed by atoms with van der Waals surface area (Å²) >= 11 is 0. The van der Waals surface area contributed by atoms with Crippen LogP contribution in [0, 0.1) is 0 Å². The van der Waals surface area contributed by atoms with Crippen molar-refractivity contribution in [1.82, 2.24) is 5.32 Å². The number of alkyl carbamates (subject to hydrolysis) is 1. The number of amides is 1. The first kappa shape index (κ1) is 19.1. The van der Waals surface area contributed by atoms with E-state index in [1.807, 2.05) is 45.0 Å². The maximum Gasteiger partial charge on any atom is 0.407 e. The number of carbonyl (C=O) groups is 1. The Balaban J connectivity index is 2.29. The quantitative estimate of drug-likeness (QED) is 0.705. The first-order chi connectivity index (χ1) is 10.8. The minimum Gasteiger partial charge on any atom is -0.492 e. The van der Waals surface area contributed by atoms with E-state index in [0.717, 1.165) is 24.3 Å². The van der Waals surface area contributed by atoms with Crippen molar-refractivity contribution in [3.63, 3.8) is 0 Å². The van der Waals surface area contributed by atoms with E-state index in [4.69, 9.17) is 9.47 Å². The van der Waals surface area contributed by atoms with Crippen molar-refractivity contribution < 1.29 is 14.3 Å². The van der Waals surface area contributed by atoms with Crippen molar-refractivity contribution in [2.45, 2.75) is 59.1 Å². The van der Waals surface area contributed by atoms with Crippen molar-refractivity contribution in [3.8, 4) is 5.75 Å². The first-order valence-corrected chi connectivity index (χ1v) is 8.30. The van der Waals surface area contributed by atoms with Gasteiger partial charge in [-0.25, -0.2) is 4.79 Å². The second-order valence-corrected chi connectivity index (χ2v) is 6.46. The van der Waals surface area contributed by atoms with Gasteiger partial charge in [-0.1, -0.05) is 13.8 Å². The second-order valence-electron chi connectivity index (χ2n) is 6.46. The first-order valence-electron chi connectivity index (χ1n) is 8.30. The van der Waals surface area contributed by atoms with Gasteiger partial charge in [-0.3, -0.25) is 0 Å². The molecule has 0 aliphatic carbocycles. The van der Waals surface area contributed by atoms with Gasteiger partial charge in [-0.05, 0) is 57.9 Å². The molecular formula is C18H30N2O3. The topological polar surface area (TPSA) is 59.6 Å². The fourth-order valence-corrected chi connectivity index (χ4v) is 2.01. The van der Waals surface area contributed by atoms with Crippen LogP contribution >= 0.6 is 0 Å². The Morgan fingerprint density at radius 3 is 2.26 bits per heavy atom. The number of benzene rings is 1. The SMILES string of the molecule is CCC(CC)Nc1ccc(OCCNC(=O)OC(C)(C)C)cc1. The van der Waals surface area contributed by atoms with Gasteiger partial charge in [0.1, 0.15) is 18.0 Å². The minimum absolute atomic E-state index is 0.401. The molecule has 1 aromatic rings. The van der Waals surface area contributed by atoms with Crippen molar-refractivity contribution in [2.75, 3.05) is 18.5 Å². The summed E-state index contributed by atoms with van der Waals surface area (Å²) in [6.45, 7) is 10.7. The Kier molecular flexibility index (Phi) is 7.72. The third-order valence-corrected chi connectivity index (χ3v) is 3.25. The predicted molar refractivity (Wildman–Crippen MR) is 94.2 cm³/mol. The lowest BCUT2D eigenvalue weighted by Crippen LogP contribution is -2.34. The zero-order chi connectivity index (χ0) is 17.3. The van der Waals surface area contributed by atoms with Crippen LogP contribution in [0.1, 0.15) is 47.5 Å². The van der Waals surface area contributed by atoms with E-state index in [1.165, 1.54) is 0 Å². The molecule has 1 aromatic carbocycles. The summed E-state index contributed by atoms with van der Waals surface area (Å²) in [5.74, 6) is 0.783. The number of hydrogen-bond acceptors (Lipinski definition) is 4. The van der Waals surface area contributed by atoms with E-state index in [1.54, 1.807) is 0 Å². The van der Waals surface area contributed by atoms with Crippen LogP contribution in [0.15, 0.2) is 24.3 Å². The van der Waals surface area contributed by atoms with Gasteiger partial charge in [0.25, 0.3) is 0 Å². The van der Waals surface area contributed by atoms with Gasteiger partial charge < -0.3 is 20.1 Å². The third kappa shape index (κ3) is 8.33. The number of rotatable bonds is 8. The van der Waals surface area contributed by atoms with Gasteiger partial charge in [0.15, 0.2) is 0 Å². The maximum atomic E-state index is 11.5. The zero-order valence-electron chi connectivity index (χ0n) is 14.9. The lowest BCUT2D eigenvalue weighted by atomic mass is 10.1. The molecule has 0 atom stereocenters. The standard InChI is InChI=1S/C18H30N2O3/c1-6-14(7-2)20-15-8-10-16(11-9-15)22-13-12-19-17(21)23-18(3,4)5/h8-11,14,20H,6-7,12-13H2,1-5H3,(H,19,21). The normalized spacial score (nSPS) is 11.2. The molecule has 0 unspecified atom stereocenters. The Morgan fingerprint density at radius 1 is 1.13 bits per heavy atom. The molecule has 1 amide bonds. The van der Waals surface area contributed by atoms with Crippen LogP contribution in [0.2, 0.25) is 0 Å². The summed E-state index contributed by atoms with van der Waals surface area (Å²) in [5, 5.41) is 6.14. The van der Waals surface area contributed by atoms with E-state index < -0.39 is 11.7 Å². The van der Waals surface area contributed by atoms with Gasteiger partial charge in [-0.2, -0.15) is 0 Å². The molecule has 0 saturated heterocycles. The molecule has 0 bridgehead atoms. The van der Waals surface area contributed by atoms with E-state index >= 15 is 0 Å². The lowest BCUT2D eigenvalue weighted by Gasteiger charge is -2.19. The van der Waals surface area contributed by atoms with Gasteiger partial charge in [0.05, 0.1) is 6.54 Å². The second kappa shape index (κ2) is 9.28. The third-order valence-electron chi connectivity index (χ3n) is 3.25. The molecule has 0 aromatic heterocycles. The average molecular weight is 322 g/mol. The van der Waals surface area contributed by atoms with Crippen LogP contribution < -0.4 is 15.4 Å². The summed E-state index contributed by atoms with van der Waals surface area (Å²) in [4.78, 5) is 11.5. The zero-order valence-corrected chi connectivity index (χ0v) is 14.9. The van der Waals surface area contributed by atoms with Crippen molar-refractivity contribution in [1.29, 1.82) is 0 Å². The maximum absolute atomic E-state index is 11.5. The molecule has 0 spiro atoms. The van der Waals surface area contributed by atoms with Crippen LogP contribution in [0.5, 0.6) is 5.75 Å². The lowest BCUT2D eigenvalue weighted by molar-refractivity contribution is 0.0520. The monoisotopic (exact) mass is 322 g/mol. The number of carbonyl (C=O) groups excluding carboxylic acids is 1. The molecule has 2 N–H and O–H groups in total. The predicted octanol–water partition coefficient (Wildman–Crippen LogP) is 4.19. The van der Waals surface area contributed by atoms with E-state index in [0.29, 0.717) is 19.2 Å². The van der Waals surface area contributed by atoms with E-state index in [-0.39, 0.29) is 0 Å².